The van der Waals surface area contributed by atoms with E-state index in [0.29, 0.717) is 0 Å². The molecule has 4 nitrogen and oxygen atoms in total. The highest BCUT2D eigenvalue weighted by Crippen LogP contribution is 2.33. The number of hydrazine groups is 1. The van der Waals surface area contributed by atoms with Crippen molar-refractivity contribution in [1.82, 2.24) is 5.43 Å². The Hall–Kier alpha value is -1.55. The zero-order chi connectivity index (χ0) is 11.8. The first-order chi connectivity index (χ1) is 7.57. The number of anilines is 1. The fraction of sp³-hybridized carbons (Fsp3) is 0.417. The van der Waals surface area contributed by atoms with Gasteiger partial charge >= 0.3 is 0 Å². The fourth-order valence-corrected chi connectivity index (χ4v) is 1.94. The predicted molar refractivity (Wildman–Crippen MR) is 61.6 cm³/mol. The lowest BCUT2D eigenvalue weighted by atomic mass is 9.91. The Kier molecular flexibility index (Phi) is 2.59. The quantitative estimate of drug-likeness (QED) is 0.822. The van der Waals surface area contributed by atoms with E-state index in [0.717, 1.165) is 5.69 Å². The summed E-state index contributed by atoms with van der Waals surface area (Å²) in [5.41, 5.74) is 3.20. The molecule has 1 heterocycles. The molecular weight excluding hydrogens is 204 g/mol. The number of carbonyl (C=O) groups excluding carboxylic acids is 1. The molecule has 0 aliphatic carbocycles. The van der Waals surface area contributed by atoms with E-state index in [4.69, 9.17) is 4.74 Å². The van der Waals surface area contributed by atoms with Crippen LogP contribution in [0.25, 0.3) is 0 Å². The van der Waals surface area contributed by atoms with Crippen molar-refractivity contribution in [2.45, 2.75) is 20.1 Å². The minimum atomic E-state index is -0.551. The van der Waals surface area contributed by atoms with Crippen LogP contribution in [0.15, 0.2) is 30.3 Å². The third-order valence-electron chi connectivity index (χ3n) is 2.92. The summed E-state index contributed by atoms with van der Waals surface area (Å²) in [6.07, 6.45) is -0.289. The summed E-state index contributed by atoms with van der Waals surface area (Å²) in [6.45, 7) is 3.75. The van der Waals surface area contributed by atoms with Crippen molar-refractivity contribution in [3.05, 3.63) is 30.3 Å². The van der Waals surface area contributed by atoms with Gasteiger partial charge in [0.15, 0.2) is 6.23 Å². The monoisotopic (exact) mass is 220 g/mol. The summed E-state index contributed by atoms with van der Waals surface area (Å²) in [4.78, 5) is 11.8. The van der Waals surface area contributed by atoms with E-state index in [1.54, 1.807) is 12.1 Å². The van der Waals surface area contributed by atoms with Crippen LogP contribution in [0, 0.1) is 5.41 Å². The van der Waals surface area contributed by atoms with Crippen molar-refractivity contribution in [3.8, 4) is 0 Å². The largest absolute Gasteiger partial charge is 0.359 e. The van der Waals surface area contributed by atoms with Gasteiger partial charge in [0, 0.05) is 7.11 Å². The predicted octanol–water partition coefficient (Wildman–Crippen LogP) is 1.54. The minimum absolute atomic E-state index is 0.0248. The Bertz CT molecular complexity index is 389. The Morgan fingerprint density at radius 1 is 1.31 bits per heavy atom. The molecule has 1 aliphatic rings. The maximum absolute atomic E-state index is 11.8. The summed E-state index contributed by atoms with van der Waals surface area (Å²) in [7, 11) is 1.61. The fourth-order valence-electron chi connectivity index (χ4n) is 1.94. The highest BCUT2D eigenvalue weighted by atomic mass is 16.5. The smallest absolute Gasteiger partial charge is 0.248 e. The van der Waals surface area contributed by atoms with Crippen molar-refractivity contribution in [2.24, 2.45) is 5.41 Å². The molecule has 0 bridgehead atoms. The molecule has 86 valence electrons. The second-order valence-corrected chi connectivity index (χ2v) is 4.46. The molecular formula is C12H16N2O2. The molecule has 1 atom stereocenters. The number of nitrogens with one attached hydrogen (secondary N) is 1. The first-order valence-corrected chi connectivity index (χ1v) is 5.25. The van der Waals surface area contributed by atoms with Gasteiger partial charge in [-0.05, 0) is 26.0 Å². The number of methoxy groups -OCH3 is 1. The maximum atomic E-state index is 11.8. The Labute approximate surface area is 95.2 Å². The van der Waals surface area contributed by atoms with Crippen molar-refractivity contribution in [2.75, 3.05) is 12.1 Å². The molecule has 0 aromatic heterocycles. The van der Waals surface area contributed by atoms with Crippen molar-refractivity contribution in [3.63, 3.8) is 0 Å². The van der Waals surface area contributed by atoms with Crippen LogP contribution in [-0.4, -0.2) is 19.2 Å². The van der Waals surface area contributed by atoms with Gasteiger partial charge in [0.1, 0.15) is 0 Å². The lowest BCUT2D eigenvalue weighted by molar-refractivity contribution is -0.129. The Morgan fingerprint density at radius 2 is 1.94 bits per heavy atom. The van der Waals surface area contributed by atoms with Crippen LogP contribution in [0.1, 0.15) is 13.8 Å². The molecule has 16 heavy (non-hydrogen) atoms. The van der Waals surface area contributed by atoms with Gasteiger partial charge < -0.3 is 4.74 Å². The topological polar surface area (TPSA) is 41.6 Å². The number of nitrogens with zero attached hydrogens (tertiary/aromatic N) is 1. The number of benzene rings is 1. The van der Waals surface area contributed by atoms with Crippen LogP contribution in [0.2, 0.25) is 0 Å². The van der Waals surface area contributed by atoms with Crippen LogP contribution in [-0.2, 0) is 9.53 Å². The molecule has 1 fully saturated rings. The molecule has 0 spiro atoms. The summed E-state index contributed by atoms with van der Waals surface area (Å²) in [5, 5.41) is 1.77. The van der Waals surface area contributed by atoms with Crippen molar-refractivity contribution < 1.29 is 9.53 Å². The second kappa shape index (κ2) is 3.79. The lowest BCUT2D eigenvalue weighted by Crippen LogP contribution is -2.41. The molecule has 1 N–H and O–H groups in total. The van der Waals surface area contributed by atoms with E-state index >= 15 is 0 Å². The SMILES string of the molecule is CO[C@H]1N(c2ccccc2)NC(=O)C1(C)C. The number of rotatable bonds is 2. The van der Waals surface area contributed by atoms with Gasteiger partial charge in [-0.2, -0.15) is 0 Å². The normalized spacial score (nSPS) is 23.3. The molecule has 1 aromatic carbocycles. The number of para-hydroxylation sites is 1. The Morgan fingerprint density at radius 3 is 2.50 bits per heavy atom. The van der Waals surface area contributed by atoms with Gasteiger partial charge in [0.2, 0.25) is 5.91 Å². The van der Waals surface area contributed by atoms with Crippen molar-refractivity contribution in [1.29, 1.82) is 0 Å². The summed E-state index contributed by atoms with van der Waals surface area (Å²) < 4.78 is 5.41. The number of ether oxygens (including phenoxy) is 1. The molecule has 0 radical (unpaired) electrons. The lowest BCUT2D eigenvalue weighted by Gasteiger charge is -2.29. The number of amides is 1. The third kappa shape index (κ3) is 1.55. The van der Waals surface area contributed by atoms with E-state index in [-0.39, 0.29) is 12.1 Å². The first-order valence-electron chi connectivity index (χ1n) is 5.25. The zero-order valence-electron chi connectivity index (χ0n) is 9.73. The minimum Gasteiger partial charge on any atom is -0.359 e. The average molecular weight is 220 g/mol. The van der Waals surface area contributed by atoms with Crippen LogP contribution in [0.3, 0.4) is 0 Å². The number of carbonyl (C=O) groups is 1. The summed E-state index contributed by atoms with van der Waals surface area (Å²) >= 11 is 0. The maximum Gasteiger partial charge on any atom is 0.248 e. The van der Waals surface area contributed by atoms with Crippen LogP contribution >= 0.6 is 0 Å². The standard InChI is InChI=1S/C12H16N2O2/c1-12(2)10(15)13-14(11(12)16-3)9-7-5-4-6-8-9/h4-8,11H,1-3H3,(H,13,15)/t11-/m1/s1. The molecule has 1 saturated heterocycles. The molecule has 2 rings (SSSR count). The van der Waals surface area contributed by atoms with Crippen molar-refractivity contribution >= 4 is 11.6 Å². The molecule has 4 heteroatoms. The highest BCUT2D eigenvalue weighted by molar-refractivity contribution is 5.87. The van der Waals surface area contributed by atoms with E-state index in [2.05, 4.69) is 5.43 Å². The molecule has 1 aliphatic heterocycles. The van der Waals surface area contributed by atoms with Gasteiger partial charge in [0.25, 0.3) is 0 Å². The second-order valence-electron chi connectivity index (χ2n) is 4.46. The highest BCUT2D eigenvalue weighted by Gasteiger charge is 2.48. The summed E-state index contributed by atoms with van der Waals surface area (Å²) in [5.74, 6) is -0.0248. The van der Waals surface area contributed by atoms with Gasteiger partial charge in [-0.3, -0.25) is 15.2 Å². The molecule has 1 amide bonds. The average Bonchev–Trinajstić information content (AvgIpc) is 2.51. The molecule has 1 aromatic rings. The van der Waals surface area contributed by atoms with E-state index in [9.17, 15) is 4.79 Å². The molecule has 0 unspecified atom stereocenters. The van der Waals surface area contributed by atoms with Crippen LogP contribution in [0.5, 0.6) is 0 Å². The van der Waals surface area contributed by atoms with E-state index in [1.165, 1.54) is 0 Å². The zero-order valence-corrected chi connectivity index (χ0v) is 9.73. The third-order valence-corrected chi connectivity index (χ3v) is 2.92. The van der Waals surface area contributed by atoms with Gasteiger partial charge in [-0.15, -0.1) is 0 Å². The van der Waals surface area contributed by atoms with E-state index in [1.807, 2.05) is 44.2 Å². The van der Waals surface area contributed by atoms with E-state index < -0.39 is 5.41 Å². The first kappa shape index (κ1) is 11.0. The van der Waals surface area contributed by atoms with Gasteiger partial charge in [-0.1, -0.05) is 18.2 Å². The van der Waals surface area contributed by atoms with Gasteiger partial charge in [0.05, 0.1) is 11.1 Å². The number of hydrogen-bond donors (Lipinski definition) is 1. The Balaban J connectivity index is 2.34. The molecule has 0 saturated carbocycles. The van der Waals surface area contributed by atoms with Gasteiger partial charge in [-0.25, -0.2) is 0 Å². The van der Waals surface area contributed by atoms with Crippen LogP contribution < -0.4 is 10.4 Å². The summed E-state index contributed by atoms with van der Waals surface area (Å²) in [6, 6.07) is 9.68. The van der Waals surface area contributed by atoms with Crippen LogP contribution in [0.4, 0.5) is 5.69 Å². The number of hydrogen-bond acceptors (Lipinski definition) is 3.